The van der Waals surface area contributed by atoms with E-state index in [0.29, 0.717) is 5.56 Å². The van der Waals surface area contributed by atoms with Crippen molar-refractivity contribution in [3.63, 3.8) is 0 Å². The molecule has 1 amide bonds. The summed E-state index contributed by atoms with van der Waals surface area (Å²) in [5, 5.41) is 23.6. The van der Waals surface area contributed by atoms with Crippen LogP contribution in [-0.4, -0.2) is 21.5 Å². The number of aliphatic hydroxyl groups is 1. The van der Waals surface area contributed by atoms with E-state index in [9.17, 15) is 20.0 Å². The van der Waals surface area contributed by atoms with Gasteiger partial charge in [0.1, 0.15) is 0 Å². The van der Waals surface area contributed by atoms with Gasteiger partial charge in [0.25, 0.3) is 11.6 Å². The molecule has 0 saturated heterocycles. The molecule has 0 heterocycles. The quantitative estimate of drug-likeness (QED) is 0.595. The van der Waals surface area contributed by atoms with Crippen LogP contribution in [-0.2, 0) is 4.79 Å². The van der Waals surface area contributed by atoms with Gasteiger partial charge in [0.2, 0.25) is 0 Å². The third-order valence-corrected chi connectivity index (χ3v) is 4.01. The summed E-state index contributed by atoms with van der Waals surface area (Å²) in [5.74, 6) is -0.504. The Hall–Kier alpha value is -1.95. The molecule has 2 N–H and O–H groups in total. The first-order valence-corrected chi connectivity index (χ1v) is 7.72. The van der Waals surface area contributed by atoms with Crippen molar-refractivity contribution >= 4 is 11.6 Å². The number of hydrogen-bond acceptors (Lipinski definition) is 4. The highest BCUT2D eigenvalue weighted by atomic mass is 16.6. The van der Waals surface area contributed by atoms with E-state index in [1.807, 2.05) is 13.8 Å². The summed E-state index contributed by atoms with van der Waals surface area (Å²) in [6.45, 7) is 10.2. The van der Waals surface area contributed by atoms with Crippen LogP contribution >= 0.6 is 0 Å². The Labute approximate surface area is 137 Å². The lowest BCUT2D eigenvalue weighted by Crippen LogP contribution is -2.47. The maximum absolute atomic E-state index is 12.3. The minimum Gasteiger partial charge on any atom is -0.378 e. The topological polar surface area (TPSA) is 92.5 Å². The molecule has 1 aromatic carbocycles. The molecule has 1 rings (SSSR count). The Morgan fingerprint density at radius 1 is 1.26 bits per heavy atom. The molecule has 0 radical (unpaired) electrons. The molecular formula is C17H26N2O4. The number of amides is 1. The van der Waals surface area contributed by atoms with Gasteiger partial charge in [0.15, 0.2) is 6.10 Å². The predicted molar refractivity (Wildman–Crippen MR) is 89.0 cm³/mol. The molecule has 1 atom stereocenters. The first-order valence-electron chi connectivity index (χ1n) is 7.72. The highest BCUT2D eigenvalue weighted by molar-refractivity contribution is 5.82. The van der Waals surface area contributed by atoms with Gasteiger partial charge in [-0.15, -0.1) is 0 Å². The summed E-state index contributed by atoms with van der Waals surface area (Å²) >= 11 is 0. The van der Waals surface area contributed by atoms with Crippen molar-refractivity contribution in [1.82, 2.24) is 5.32 Å². The summed E-state index contributed by atoms with van der Waals surface area (Å²) in [4.78, 5) is 22.4. The van der Waals surface area contributed by atoms with E-state index in [2.05, 4.69) is 26.1 Å². The first kappa shape index (κ1) is 19.1. The number of aliphatic hydroxyl groups excluding tert-OH is 1. The molecule has 0 aromatic heterocycles. The summed E-state index contributed by atoms with van der Waals surface area (Å²) in [6, 6.07) is 5.34. The van der Waals surface area contributed by atoms with Crippen molar-refractivity contribution in [2.45, 2.75) is 59.1 Å². The van der Waals surface area contributed by atoms with Gasteiger partial charge >= 0.3 is 0 Å². The largest absolute Gasteiger partial charge is 0.378 e. The second kappa shape index (κ2) is 7.08. The second-order valence-corrected chi connectivity index (χ2v) is 7.32. The average Bonchev–Trinajstić information content (AvgIpc) is 2.44. The Kier molecular flexibility index (Phi) is 5.88. The SMILES string of the molecule is CCC(C)(C)CC(C)(C)NC(=O)C(O)c1ccc([N+](=O)[O-])cc1. The van der Waals surface area contributed by atoms with Crippen LogP contribution in [0.3, 0.4) is 0 Å². The number of benzene rings is 1. The predicted octanol–water partition coefficient (Wildman–Crippen LogP) is 3.35. The Bertz CT molecular complexity index is 564. The molecule has 6 nitrogen and oxygen atoms in total. The van der Waals surface area contributed by atoms with Gasteiger partial charge in [-0.1, -0.05) is 27.2 Å². The van der Waals surface area contributed by atoms with Crippen LogP contribution in [0.2, 0.25) is 0 Å². The molecule has 1 unspecified atom stereocenters. The number of hydrogen-bond donors (Lipinski definition) is 2. The maximum Gasteiger partial charge on any atom is 0.269 e. The van der Waals surface area contributed by atoms with Gasteiger partial charge in [0.05, 0.1) is 4.92 Å². The lowest BCUT2D eigenvalue weighted by Gasteiger charge is -2.35. The third kappa shape index (κ3) is 5.63. The Balaban J connectivity index is 2.78. The lowest BCUT2D eigenvalue weighted by atomic mass is 9.78. The van der Waals surface area contributed by atoms with Gasteiger partial charge in [-0.05, 0) is 43.4 Å². The van der Waals surface area contributed by atoms with Gasteiger partial charge in [-0.2, -0.15) is 0 Å². The van der Waals surface area contributed by atoms with Gasteiger partial charge in [0, 0.05) is 17.7 Å². The van der Waals surface area contributed by atoms with Crippen molar-refractivity contribution < 1.29 is 14.8 Å². The van der Waals surface area contributed by atoms with E-state index in [-0.39, 0.29) is 11.1 Å². The van der Waals surface area contributed by atoms with Crippen LogP contribution in [0.25, 0.3) is 0 Å². The molecule has 6 heteroatoms. The lowest BCUT2D eigenvalue weighted by molar-refractivity contribution is -0.384. The summed E-state index contributed by atoms with van der Waals surface area (Å²) in [6.07, 6.45) is 0.409. The van der Waals surface area contributed by atoms with Gasteiger partial charge < -0.3 is 10.4 Å². The molecule has 1 aromatic rings. The zero-order valence-electron chi connectivity index (χ0n) is 14.4. The number of nitrogens with zero attached hydrogens (tertiary/aromatic N) is 1. The molecule has 23 heavy (non-hydrogen) atoms. The summed E-state index contributed by atoms with van der Waals surface area (Å²) in [5.41, 5.74) is -0.127. The van der Waals surface area contributed by atoms with E-state index in [0.717, 1.165) is 12.8 Å². The molecular weight excluding hydrogens is 296 g/mol. The third-order valence-electron chi connectivity index (χ3n) is 4.01. The van der Waals surface area contributed by atoms with E-state index in [1.54, 1.807) is 0 Å². The molecule has 0 spiro atoms. The molecule has 0 aliphatic rings. The highest BCUT2D eigenvalue weighted by Gasteiger charge is 2.31. The standard InChI is InChI=1S/C17H26N2O4/c1-6-16(2,3)11-17(4,5)18-15(21)14(20)12-7-9-13(10-8-12)19(22)23/h7-10,14,20H,6,11H2,1-5H3,(H,18,21). The van der Waals surface area contributed by atoms with Crippen LogP contribution in [0.15, 0.2) is 24.3 Å². The smallest absolute Gasteiger partial charge is 0.269 e. The van der Waals surface area contributed by atoms with Crippen LogP contribution < -0.4 is 5.32 Å². The second-order valence-electron chi connectivity index (χ2n) is 7.32. The van der Waals surface area contributed by atoms with Crippen molar-refractivity contribution in [3.05, 3.63) is 39.9 Å². The number of carbonyl (C=O) groups is 1. The van der Waals surface area contributed by atoms with Crippen LogP contribution in [0.1, 0.15) is 59.1 Å². The molecule has 128 valence electrons. The zero-order valence-corrected chi connectivity index (χ0v) is 14.4. The Morgan fingerprint density at radius 2 is 1.78 bits per heavy atom. The van der Waals surface area contributed by atoms with Crippen LogP contribution in [0.5, 0.6) is 0 Å². The summed E-state index contributed by atoms with van der Waals surface area (Å²) in [7, 11) is 0. The van der Waals surface area contributed by atoms with E-state index in [4.69, 9.17) is 0 Å². The van der Waals surface area contributed by atoms with Gasteiger partial charge in [-0.3, -0.25) is 14.9 Å². The Morgan fingerprint density at radius 3 is 2.22 bits per heavy atom. The van der Waals surface area contributed by atoms with Crippen LogP contribution in [0.4, 0.5) is 5.69 Å². The number of nitrogens with one attached hydrogen (secondary N) is 1. The number of nitro benzene ring substituents is 1. The minimum absolute atomic E-state index is 0.0774. The summed E-state index contributed by atoms with van der Waals surface area (Å²) < 4.78 is 0. The van der Waals surface area contributed by atoms with Crippen molar-refractivity contribution in [2.24, 2.45) is 5.41 Å². The van der Waals surface area contributed by atoms with Crippen molar-refractivity contribution in [3.8, 4) is 0 Å². The fourth-order valence-corrected chi connectivity index (χ4v) is 2.70. The normalized spacial score (nSPS) is 13.5. The van der Waals surface area contributed by atoms with E-state index >= 15 is 0 Å². The number of nitro groups is 1. The molecule has 0 bridgehead atoms. The maximum atomic E-state index is 12.3. The molecule has 0 fully saturated rings. The van der Waals surface area contributed by atoms with E-state index in [1.165, 1.54) is 24.3 Å². The monoisotopic (exact) mass is 322 g/mol. The molecule has 0 aliphatic carbocycles. The molecule has 0 saturated carbocycles. The number of rotatable bonds is 7. The number of non-ortho nitro benzene ring substituents is 1. The molecule has 0 aliphatic heterocycles. The van der Waals surface area contributed by atoms with Crippen molar-refractivity contribution in [2.75, 3.05) is 0 Å². The van der Waals surface area contributed by atoms with Gasteiger partial charge in [-0.25, -0.2) is 0 Å². The van der Waals surface area contributed by atoms with Crippen molar-refractivity contribution in [1.29, 1.82) is 0 Å². The van der Waals surface area contributed by atoms with Crippen LogP contribution in [0, 0.1) is 15.5 Å². The first-order chi connectivity index (χ1) is 10.5. The fourth-order valence-electron chi connectivity index (χ4n) is 2.70. The fraction of sp³-hybridized carbons (Fsp3) is 0.588. The minimum atomic E-state index is -1.35. The zero-order chi connectivity index (χ0) is 17.8. The highest BCUT2D eigenvalue weighted by Crippen LogP contribution is 2.31. The number of carbonyl (C=O) groups excluding carboxylic acids is 1. The average molecular weight is 322 g/mol. The van der Waals surface area contributed by atoms with E-state index < -0.39 is 22.5 Å².